The molecule has 84 valence electrons. The minimum atomic E-state index is -0.190. The van der Waals surface area contributed by atoms with E-state index in [-0.39, 0.29) is 5.82 Å². The van der Waals surface area contributed by atoms with Gasteiger partial charge in [0.15, 0.2) is 0 Å². The lowest BCUT2D eigenvalue weighted by molar-refractivity contribution is 0.630. The van der Waals surface area contributed by atoms with Gasteiger partial charge in [0.25, 0.3) is 0 Å². The van der Waals surface area contributed by atoms with E-state index < -0.39 is 0 Å². The van der Waals surface area contributed by atoms with Gasteiger partial charge in [-0.1, -0.05) is 12.1 Å². The van der Waals surface area contributed by atoms with Gasteiger partial charge in [0, 0.05) is 29.7 Å². The van der Waals surface area contributed by atoms with E-state index in [9.17, 15) is 4.39 Å². The molecule has 3 heteroatoms. The summed E-state index contributed by atoms with van der Waals surface area (Å²) in [6.07, 6.45) is 5.46. The summed E-state index contributed by atoms with van der Waals surface area (Å²) in [5, 5.41) is 0. The van der Waals surface area contributed by atoms with E-state index in [0.29, 0.717) is 5.56 Å². The normalized spacial score (nSPS) is 10.9. The first kappa shape index (κ1) is 10.0. The van der Waals surface area contributed by atoms with Gasteiger partial charge in [-0.15, -0.1) is 0 Å². The van der Waals surface area contributed by atoms with Gasteiger partial charge in [-0.05, 0) is 30.7 Å². The van der Waals surface area contributed by atoms with E-state index in [1.54, 1.807) is 12.3 Å². The standard InChI is InChI=1S/C14H11FN2/c1-10-2-4-12(13(15)8-10)11-3-5-14-16-6-7-17(14)9-11/h2-9H,1H3. The van der Waals surface area contributed by atoms with Crippen LogP contribution >= 0.6 is 0 Å². The van der Waals surface area contributed by atoms with Gasteiger partial charge in [0.05, 0.1) is 0 Å². The van der Waals surface area contributed by atoms with Crippen molar-refractivity contribution in [1.29, 1.82) is 0 Å². The van der Waals surface area contributed by atoms with E-state index in [4.69, 9.17) is 0 Å². The molecular formula is C14H11FN2. The van der Waals surface area contributed by atoms with Gasteiger partial charge < -0.3 is 4.40 Å². The minimum absolute atomic E-state index is 0.190. The summed E-state index contributed by atoms with van der Waals surface area (Å²) in [5.41, 5.74) is 3.26. The summed E-state index contributed by atoms with van der Waals surface area (Å²) in [7, 11) is 0. The van der Waals surface area contributed by atoms with Crippen molar-refractivity contribution in [2.75, 3.05) is 0 Å². The number of aryl methyl sites for hydroxylation is 1. The van der Waals surface area contributed by atoms with E-state index in [0.717, 1.165) is 16.8 Å². The fourth-order valence-corrected chi connectivity index (χ4v) is 1.93. The number of halogens is 1. The molecule has 0 amide bonds. The zero-order valence-electron chi connectivity index (χ0n) is 9.39. The van der Waals surface area contributed by atoms with E-state index in [2.05, 4.69) is 4.98 Å². The van der Waals surface area contributed by atoms with Crippen LogP contribution in [0.1, 0.15) is 5.56 Å². The van der Waals surface area contributed by atoms with E-state index in [1.807, 2.05) is 48.0 Å². The third-order valence-corrected chi connectivity index (χ3v) is 2.82. The van der Waals surface area contributed by atoms with Crippen LogP contribution in [0.5, 0.6) is 0 Å². The molecule has 2 heterocycles. The van der Waals surface area contributed by atoms with Crippen LogP contribution in [0.25, 0.3) is 16.8 Å². The second-order valence-electron chi connectivity index (χ2n) is 4.09. The highest BCUT2D eigenvalue weighted by Crippen LogP contribution is 2.23. The molecule has 0 radical (unpaired) electrons. The third-order valence-electron chi connectivity index (χ3n) is 2.82. The van der Waals surface area contributed by atoms with Crippen molar-refractivity contribution in [1.82, 2.24) is 9.38 Å². The smallest absolute Gasteiger partial charge is 0.136 e. The fraction of sp³-hybridized carbons (Fsp3) is 0.0714. The molecule has 0 bridgehead atoms. The molecule has 0 N–H and O–H groups in total. The number of fused-ring (bicyclic) bond motifs is 1. The quantitative estimate of drug-likeness (QED) is 0.621. The van der Waals surface area contributed by atoms with Gasteiger partial charge in [0.1, 0.15) is 11.5 Å². The van der Waals surface area contributed by atoms with Gasteiger partial charge in [-0.2, -0.15) is 0 Å². The van der Waals surface area contributed by atoms with Crippen molar-refractivity contribution in [2.24, 2.45) is 0 Å². The monoisotopic (exact) mass is 226 g/mol. The van der Waals surface area contributed by atoms with Crippen LogP contribution in [-0.4, -0.2) is 9.38 Å². The molecule has 0 saturated carbocycles. The first-order valence-electron chi connectivity index (χ1n) is 5.43. The Morgan fingerprint density at radius 1 is 1.18 bits per heavy atom. The van der Waals surface area contributed by atoms with Crippen LogP contribution in [0, 0.1) is 12.7 Å². The minimum Gasteiger partial charge on any atom is -0.306 e. The lowest BCUT2D eigenvalue weighted by atomic mass is 10.1. The molecule has 17 heavy (non-hydrogen) atoms. The molecule has 0 unspecified atom stereocenters. The maximum Gasteiger partial charge on any atom is 0.136 e. The second kappa shape index (κ2) is 3.70. The average Bonchev–Trinajstić information content (AvgIpc) is 2.75. The molecule has 0 spiro atoms. The Hall–Kier alpha value is -2.16. The van der Waals surface area contributed by atoms with Crippen molar-refractivity contribution >= 4 is 5.65 Å². The second-order valence-corrected chi connectivity index (χ2v) is 4.09. The summed E-state index contributed by atoms with van der Waals surface area (Å²) in [4.78, 5) is 4.16. The van der Waals surface area contributed by atoms with Crippen molar-refractivity contribution in [2.45, 2.75) is 6.92 Å². The van der Waals surface area contributed by atoms with E-state index >= 15 is 0 Å². The Labute approximate surface area is 98.4 Å². The topological polar surface area (TPSA) is 17.3 Å². The SMILES string of the molecule is Cc1ccc(-c2ccc3nccn3c2)c(F)c1. The summed E-state index contributed by atoms with van der Waals surface area (Å²) in [6.45, 7) is 1.88. The lowest BCUT2D eigenvalue weighted by Crippen LogP contribution is -1.89. The van der Waals surface area contributed by atoms with Gasteiger partial charge in [0.2, 0.25) is 0 Å². The Kier molecular flexibility index (Phi) is 2.18. The molecule has 0 atom stereocenters. The van der Waals surface area contributed by atoms with Crippen molar-refractivity contribution < 1.29 is 4.39 Å². The molecule has 0 aliphatic carbocycles. The number of benzene rings is 1. The highest BCUT2D eigenvalue weighted by atomic mass is 19.1. The summed E-state index contributed by atoms with van der Waals surface area (Å²) in [5.74, 6) is -0.190. The van der Waals surface area contributed by atoms with Crippen LogP contribution in [0.4, 0.5) is 4.39 Å². The van der Waals surface area contributed by atoms with Crippen molar-refractivity contribution in [3.8, 4) is 11.1 Å². The van der Waals surface area contributed by atoms with Gasteiger partial charge >= 0.3 is 0 Å². The van der Waals surface area contributed by atoms with Crippen LogP contribution < -0.4 is 0 Å². The molecular weight excluding hydrogens is 215 g/mol. The Morgan fingerprint density at radius 3 is 2.88 bits per heavy atom. The Morgan fingerprint density at radius 2 is 2.06 bits per heavy atom. The molecule has 2 aromatic heterocycles. The Balaban J connectivity index is 2.19. The fourth-order valence-electron chi connectivity index (χ4n) is 1.93. The predicted octanol–water partition coefficient (Wildman–Crippen LogP) is 3.45. The number of hydrogen-bond acceptors (Lipinski definition) is 1. The molecule has 0 fully saturated rings. The van der Waals surface area contributed by atoms with Crippen LogP contribution in [0.15, 0.2) is 48.9 Å². The lowest BCUT2D eigenvalue weighted by Gasteiger charge is -2.05. The first-order chi connectivity index (χ1) is 8.24. The number of nitrogens with zero attached hydrogens (tertiary/aromatic N) is 2. The van der Waals surface area contributed by atoms with Gasteiger partial charge in [-0.25, -0.2) is 9.37 Å². The van der Waals surface area contributed by atoms with E-state index in [1.165, 1.54) is 0 Å². The van der Waals surface area contributed by atoms with Crippen LogP contribution in [0.3, 0.4) is 0 Å². The molecule has 0 aliphatic heterocycles. The molecule has 0 saturated heterocycles. The number of rotatable bonds is 1. The predicted molar refractivity (Wildman–Crippen MR) is 65.3 cm³/mol. The number of hydrogen-bond donors (Lipinski definition) is 0. The summed E-state index contributed by atoms with van der Waals surface area (Å²) in [6, 6.07) is 9.04. The summed E-state index contributed by atoms with van der Waals surface area (Å²) >= 11 is 0. The highest BCUT2D eigenvalue weighted by molar-refractivity contribution is 5.65. The molecule has 2 nitrogen and oxygen atoms in total. The summed E-state index contributed by atoms with van der Waals surface area (Å²) < 4.78 is 15.7. The maximum absolute atomic E-state index is 13.8. The number of imidazole rings is 1. The molecule has 3 rings (SSSR count). The van der Waals surface area contributed by atoms with Crippen LogP contribution in [-0.2, 0) is 0 Å². The highest BCUT2D eigenvalue weighted by Gasteiger charge is 2.06. The number of aromatic nitrogens is 2. The zero-order valence-corrected chi connectivity index (χ0v) is 9.39. The van der Waals surface area contributed by atoms with Crippen molar-refractivity contribution in [3.05, 3.63) is 60.3 Å². The largest absolute Gasteiger partial charge is 0.306 e. The van der Waals surface area contributed by atoms with Gasteiger partial charge in [-0.3, -0.25) is 0 Å². The molecule has 3 aromatic rings. The first-order valence-corrected chi connectivity index (χ1v) is 5.43. The molecule has 0 aliphatic rings. The molecule has 1 aromatic carbocycles. The van der Waals surface area contributed by atoms with Crippen LogP contribution in [0.2, 0.25) is 0 Å². The third kappa shape index (κ3) is 1.69. The number of pyridine rings is 1. The Bertz CT molecular complexity index is 686. The maximum atomic E-state index is 13.8. The zero-order chi connectivity index (χ0) is 11.8. The van der Waals surface area contributed by atoms with Crippen molar-refractivity contribution in [3.63, 3.8) is 0 Å². The average molecular weight is 226 g/mol.